The number of hydrogen-bond acceptors (Lipinski definition) is 6. The highest BCUT2D eigenvalue weighted by Gasteiger charge is 2.28. The van der Waals surface area contributed by atoms with Gasteiger partial charge >= 0.3 is 6.09 Å². The summed E-state index contributed by atoms with van der Waals surface area (Å²) in [5.74, 6) is 0.427. The average molecular weight is 348 g/mol. The minimum Gasteiger partial charge on any atom is -0.444 e. The van der Waals surface area contributed by atoms with Crippen LogP contribution in [0.4, 0.5) is 16.2 Å². The van der Waals surface area contributed by atoms with Crippen molar-refractivity contribution in [1.29, 1.82) is 0 Å². The van der Waals surface area contributed by atoms with Crippen molar-refractivity contribution in [2.45, 2.75) is 45.8 Å². The first-order valence-electron chi connectivity index (χ1n) is 8.05. The number of pyridine rings is 1. The van der Waals surface area contributed by atoms with Crippen LogP contribution < -0.4 is 10.2 Å². The molecule has 130 valence electrons. The van der Waals surface area contributed by atoms with Gasteiger partial charge in [-0.25, -0.2) is 4.79 Å². The third kappa shape index (κ3) is 5.28. The van der Waals surface area contributed by atoms with Gasteiger partial charge in [0.25, 0.3) is 0 Å². The minimum atomic E-state index is -0.504. The van der Waals surface area contributed by atoms with E-state index in [1.54, 1.807) is 12.4 Å². The van der Waals surface area contributed by atoms with E-state index < -0.39 is 5.60 Å². The largest absolute Gasteiger partial charge is 0.444 e. The summed E-state index contributed by atoms with van der Waals surface area (Å²) < 4.78 is 5.36. The maximum Gasteiger partial charge on any atom is 0.407 e. The van der Waals surface area contributed by atoms with E-state index >= 15 is 0 Å². The van der Waals surface area contributed by atoms with Gasteiger partial charge in [-0.05, 0) is 51.4 Å². The second-order valence-corrected chi connectivity index (χ2v) is 7.34. The van der Waals surface area contributed by atoms with Crippen LogP contribution in [-0.4, -0.2) is 41.0 Å². The number of thiocarbonyl (C=S) groups is 1. The van der Waals surface area contributed by atoms with Crippen molar-refractivity contribution in [3.05, 3.63) is 18.5 Å². The molecular formula is C17H24N4O2S. The van der Waals surface area contributed by atoms with Gasteiger partial charge < -0.3 is 15.0 Å². The number of aromatic nitrogens is 1. The Hall–Kier alpha value is -1.98. The van der Waals surface area contributed by atoms with E-state index in [1.807, 2.05) is 26.8 Å². The molecule has 0 radical (unpaired) electrons. The summed E-state index contributed by atoms with van der Waals surface area (Å²) in [7, 11) is 0. The zero-order valence-electron chi connectivity index (χ0n) is 14.6. The van der Waals surface area contributed by atoms with Crippen LogP contribution in [0.1, 0.15) is 34.1 Å². The number of carbonyl (C=O) groups is 1. The molecule has 1 aliphatic heterocycles. The molecule has 0 bridgehead atoms. The molecule has 6 nitrogen and oxygen atoms in total. The standard InChI is InChI=1S/C17H24N4O2S/c1-12-7-13(20-16(22)23-17(2,3)4)10-21(9-12)15-5-6-18-8-14(15)19-11-24/h5-6,8,12-13H,7,9-10H2,1-4H3,(H,20,22)/t12-,13+/m0/s1. The Morgan fingerprint density at radius 2 is 2.25 bits per heavy atom. The molecule has 1 saturated heterocycles. The first kappa shape index (κ1) is 18.4. The summed E-state index contributed by atoms with van der Waals surface area (Å²) in [6.07, 6.45) is 3.93. The van der Waals surface area contributed by atoms with Gasteiger partial charge in [0.2, 0.25) is 0 Å². The lowest BCUT2D eigenvalue weighted by Crippen LogP contribution is -2.51. The van der Waals surface area contributed by atoms with E-state index in [0.717, 1.165) is 18.7 Å². The molecule has 1 fully saturated rings. The number of isothiocyanates is 1. The number of piperidine rings is 1. The van der Waals surface area contributed by atoms with E-state index in [9.17, 15) is 4.79 Å². The topological polar surface area (TPSA) is 66.8 Å². The normalized spacial score (nSPS) is 20.9. The molecule has 7 heteroatoms. The van der Waals surface area contributed by atoms with E-state index in [4.69, 9.17) is 17.0 Å². The van der Waals surface area contributed by atoms with E-state index in [0.29, 0.717) is 18.2 Å². The Balaban J connectivity index is 2.11. The molecule has 1 aliphatic rings. The average Bonchev–Trinajstić information content (AvgIpc) is 2.45. The number of carbonyl (C=O) groups excluding carboxylic acids is 1. The lowest BCUT2D eigenvalue weighted by atomic mass is 9.95. The molecule has 24 heavy (non-hydrogen) atoms. The predicted octanol–water partition coefficient (Wildman–Crippen LogP) is 3.56. The fourth-order valence-corrected chi connectivity index (χ4v) is 3.01. The van der Waals surface area contributed by atoms with E-state index in [1.165, 1.54) is 0 Å². The molecule has 0 aromatic carbocycles. The van der Waals surface area contributed by atoms with Crippen molar-refractivity contribution in [3.8, 4) is 0 Å². The molecule has 2 atom stereocenters. The Bertz CT molecular complexity index is 638. The van der Waals surface area contributed by atoms with E-state index in [-0.39, 0.29) is 12.1 Å². The molecular weight excluding hydrogens is 324 g/mol. The lowest BCUT2D eigenvalue weighted by Gasteiger charge is -2.38. The van der Waals surface area contributed by atoms with Gasteiger partial charge in [-0.2, -0.15) is 4.99 Å². The molecule has 2 rings (SSSR count). The van der Waals surface area contributed by atoms with Crippen LogP contribution in [-0.2, 0) is 4.74 Å². The zero-order chi connectivity index (χ0) is 17.7. The molecule has 1 amide bonds. The van der Waals surface area contributed by atoms with Gasteiger partial charge in [-0.3, -0.25) is 4.98 Å². The smallest absolute Gasteiger partial charge is 0.407 e. The Labute approximate surface area is 148 Å². The SMILES string of the molecule is C[C@H]1C[C@@H](NC(=O)OC(C)(C)C)CN(c2ccncc2N=C=S)C1. The zero-order valence-corrected chi connectivity index (χ0v) is 15.4. The number of aliphatic imine (C=N–C) groups is 1. The van der Waals surface area contributed by atoms with Gasteiger partial charge in [0.15, 0.2) is 0 Å². The number of nitrogens with one attached hydrogen (secondary N) is 1. The molecule has 0 spiro atoms. The van der Waals surface area contributed by atoms with Crippen molar-refractivity contribution in [2.75, 3.05) is 18.0 Å². The summed E-state index contributed by atoms with van der Waals surface area (Å²) in [4.78, 5) is 22.4. The number of nitrogens with zero attached hydrogens (tertiary/aromatic N) is 3. The van der Waals surface area contributed by atoms with Crippen molar-refractivity contribution in [3.63, 3.8) is 0 Å². The molecule has 1 aromatic rings. The van der Waals surface area contributed by atoms with Crippen molar-refractivity contribution >= 4 is 34.8 Å². The van der Waals surface area contributed by atoms with Crippen LogP contribution in [0.5, 0.6) is 0 Å². The number of rotatable bonds is 3. The van der Waals surface area contributed by atoms with Crippen LogP contribution in [0.3, 0.4) is 0 Å². The second-order valence-electron chi connectivity index (χ2n) is 7.16. The number of ether oxygens (including phenoxy) is 1. The second kappa shape index (κ2) is 7.73. The first-order chi connectivity index (χ1) is 11.3. The maximum atomic E-state index is 12.0. The highest BCUT2D eigenvalue weighted by Crippen LogP contribution is 2.30. The number of amides is 1. The summed E-state index contributed by atoms with van der Waals surface area (Å²) >= 11 is 4.71. The highest BCUT2D eigenvalue weighted by molar-refractivity contribution is 7.78. The van der Waals surface area contributed by atoms with Crippen LogP contribution in [0.25, 0.3) is 0 Å². The highest BCUT2D eigenvalue weighted by atomic mass is 32.1. The number of hydrogen-bond donors (Lipinski definition) is 1. The quantitative estimate of drug-likeness (QED) is 0.668. The molecule has 2 heterocycles. The summed E-state index contributed by atoms with van der Waals surface area (Å²) in [6.45, 7) is 9.31. The predicted molar refractivity (Wildman–Crippen MR) is 98.1 cm³/mol. The molecule has 1 N–H and O–H groups in total. The van der Waals surface area contributed by atoms with Crippen molar-refractivity contribution < 1.29 is 9.53 Å². The third-order valence-corrected chi connectivity index (χ3v) is 3.76. The van der Waals surface area contributed by atoms with Crippen LogP contribution in [0.2, 0.25) is 0 Å². The van der Waals surface area contributed by atoms with Gasteiger partial charge in [0.05, 0.1) is 17.0 Å². The molecule has 0 saturated carbocycles. The van der Waals surface area contributed by atoms with Crippen LogP contribution in [0, 0.1) is 5.92 Å². The Morgan fingerprint density at radius 1 is 1.50 bits per heavy atom. The first-order valence-corrected chi connectivity index (χ1v) is 8.45. The molecule has 1 aromatic heterocycles. The third-order valence-electron chi connectivity index (χ3n) is 3.67. The van der Waals surface area contributed by atoms with Gasteiger partial charge in [-0.1, -0.05) is 6.92 Å². The maximum absolute atomic E-state index is 12.0. The van der Waals surface area contributed by atoms with Crippen LogP contribution in [0.15, 0.2) is 23.5 Å². The van der Waals surface area contributed by atoms with Gasteiger partial charge in [0, 0.05) is 25.3 Å². The molecule has 0 unspecified atom stereocenters. The monoisotopic (exact) mass is 348 g/mol. The Kier molecular flexibility index (Phi) is 5.91. The number of alkyl carbamates (subject to hydrolysis) is 1. The molecule has 0 aliphatic carbocycles. The van der Waals surface area contributed by atoms with E-state index in [2.05, 4.69) is 32.3 Å². The minimum absolute atomic E-state index is 0.0149. The van der Waals surface area contributed by atoms with Gasteiger partial charge in [0.1, 0.15) is 11.3 Å². The summed E-state index contributed by atoms with van der Waals surface area (Å²) in [6, 6.07) is 1.93. The van der Waals surface area contributed by atoms with Crippen molar-refractivity contribution in [2.24, 2.45) is 10.9 Å². The van der Waals surface area contributed by atoms with Gasteiger partial charge in [-0.15, -0.1) is 0 Å². The summed E-state index contributed by atoms with van der Waals surface area (Å²) in [5, 5.41) is 5.37. The van der Waals surface area contributed by atoms with Crippen molar-refractivity contribution in [1.82, 2.24) is 10.3 Å². The summed E-state index contributed by atoms with van der Waals surface area (Å²) in [5.41, 5.74) is 1.14. The number of anilines is 1. The lowest BCUT2D eigenvalue weighted by molar-refractivity contribution is 0.0495. The fourth-order valence-electron chi connectivity index (χ4n) is 2.91. The van der Waals surface area contributed by atoms with Crippen LogP contribution >= 0.6 is 12.2 Å². The fraction of sp³-hybridized carbons (Fsp3) is 0.588. The Morgan fingerprint density at radius 3 is 2.92 bits per heavy atom.